The van der Waals surface area contributed by atoms with E-state index >= 15 is 0 Å². The predicted molar refractivity (Wildman–Crippen MR) is 33.0 cm³/mol. The molecule has 0 aliphatic carbocycles. The highest BCUT2D eigenvalue weighted by molar-refractivity contribution is 5.93. The molecule has 4 N–H and O–H groups in total. The summed E-state index contributed by atoms with van der Waals surface area (Å²) in [4.78, 5) is 7.70. The van der Waals surface area contributed by atoms with Crippen molar-refractivity contribution in [3.8, 4) is 0 Å². The second kappa shape index (κ2) is 1.81. The minimum Gasteiger partial charge on any atom is -0.386 e. The van der Waals surface area contributed by atoms with Crippen LogP contribution in [0, 0.1) is 0 Å². The lowest BCUT2D eigenvalue weighted by atomic mass is 10.5. The van der Waals surface area contributed by atoms with E-state index in [0.717, 1.165) is 0 Å². The molecule has 44 valence electrons. The molecule has 1 rings (SSSR count). The van der Waals surface area contributed by atoms with Gasteiger partial charge < -0.3 is 11.5 Å². The molecule has 1 aliphatic heterocycles. The molecule has 0 fully saturated rings. The van der Waals surface area contributed by atoms with E-state index in [0.29, 0.717) is 24.8 Å². The Kier molecular flexibility index (Phi) is 1.15. The van der Waals surface area contributed by atoms with Crippen LogP contribution in [0.5, 0.6) is 0 Å². The lowest BCUT2D eigenvalue weighted by Crippen LogP contribution is -2.27. The van der Waals surface area contributed by atoms with Crippen LogP contribution >= 0.6 is 0 Å². The van der Waals surface area contributed by atoms with Crippen LogP contribution in [0.2, 0.25) is 0 Å². The summed E-state index contributed by atoms with van der Waals surface area (Å²) in [6.07, 6.45) is 0. The molecule has 8 heavy (non-hydrogen) atoms. The van der Waals surface area contributed by atoms with Gasteiger partial charge in [0.15, 0.2) is 0 Å². The van der Waals surface area contributed by atoms with E-state index in [9.17, 15) is 0 Å². The summed E-state index contributed by atoms with van der Waals surface area (Å²) in [5.74, 6) is 1.14. The third-order valence-electron chi connectivity index (χ3n) is 0.888. The monoisotopic (exact) mass is 112 g/mol. The molecular formula is C4H8N4. The number of amidine groups is 2. The average molecular weight is 112 g/mol. The first kappa shape index (κ1) is 5.08. The Bertz CT molecular complexity index is 128. The summed E-state index contributed by atoms with van der Waals surface area (Å²) in [5.41, 5.74) is 10.6. The highest BCUT2D eigenvalue weighted by Gasteiger charge is 1.98. The fourth-order valence-corrected chi connectivity index (χ4v) is 0.465. The average Bonchev–Trinajstić information content (AvgIpc) is 1.77. The van der Waals surface area contributed by atoms with Crippen molar-refractivity contribution in [2.75, 3.05) is 13.1 Å². The van der Waals surface area contributed by atoms with E-state index in [4.69, 9.17) is 11.5 Å². The molecule has 0 aromatic heterocycles. The van der Waals surface area contributed by atoms with Crippen molar-refractivity contribution in [2.45, 2.75) is 0 Å². The standard InChI is InChI=1S/C4H8N4/c5-3-1-7-4(6)2-8-3/h1-2H2,(H2,6,7)(H2,5,8). The van der Waals surface area contributed by atoms with Crippen molar-refractivity contribution in [1.29, 1.82) is 0 Å². The molecule has 4 nitrogen and oxygen atoms in total. The third-order valence-corrected chi connectivity index (χ3v) is 0.888. The van der Waals surface area contributed by atoms with E-state index < -0.39 is 0 Å². The molecular weight excluding hydrogens is 104 g/mol. The molecule has 0 atom stereocenters. The molecule has 0 aromatic rings. The Hall–Kier alpha value is -1.06. The van der Waals surface area contributed by atoms with E-state index in [2.05, 4.69) is 9.98 Å². The smallest absolute Gasteiger partial charge is 0.116 e. The minimum absolute atomic E-state index is 0.464. The molecule has 0 bridgehead atoms. The van der Waals surface area contributed by atoms with Gasteiger partial charge in [0.1, 0.15) is 11.7 Å². The molecule has 0 radical (unpaired) electrons. The van der Waals surface area contributed by atoms with Crippen LogP contribution in [0.15, 0.2) is 9.98 Å². The fourth-order valence-electron chi connectivity index (χ4n) is 0.465. The van der Waals surface area contributed by atoms with Gasteiger partial charge in [-0.25, -0.2) is 0 Å². The number of hydrogen-bond acceptors (Lipinski definition) is 4. The summed E-state index contributed by atoms with van der Waals surface area (Å²) >= 11 is 0. The number of aliphatic imine (C=N–C) groups is 2. The second-order valence-electron chi connectivity index (χ2n) is 1.62. The normalized spacial score (nSPS) is 19.5. The van der Waals surface area contributed by atoms with Crippen LogP contribution in [-0.2, 0) is 0 Å². The fraction of sp³-hybridized carbons (Fsp3) is 0.500. The van der Waals surface area contributed by atoms with Crippen LogP contribution in [-0.4, -0.2) is 24.8 Å². The van der Waals surface area contributed by atoms with E-state index in [1.54, 1.807) is 0 Å². The zero-order valence-electron chi connectivity index (χ0n) is 4.46. The highest BCUT2D eigenvalue weighted by Crippen LogP contribution is 1.83. The zero-order chi connectivity index (χ0) is 5.98. The maximum absolute atomic E-state index is 5.28. The molecule has 0 amide bonds. The van der Waals surface area contributed by atoms with E-state index in [-0.39, 0.29) is 0 Å². The summed E-state index contributed by atoms with van der Waals surface area (Å²) in [6.45, 7) is 0.928. The van der Waals surface area contributed by atoms with Gasteiger partial charge in [0.25, 0.3) is 0 Å². The molecule has 0 unspecified atom stereocenters. The number of hydrogen-bond donors (Lipinski definition) is 2. The molecule has 0 aromatic carbocycles. The Morgan fingerprint density at radius 1 is 1.00 bits per heavy atom. The third kappa shape index (κ3) is 0.959. The molecule has 0 saturated heterocycles. The highest BCUT2D eigenvalue weighted by atomic mass is 15.0. The maximum atomic E-state index is 5.28. The van der Waals surface area contributed by atoms with Gasteiger partial charge in [-0.05, 0) is 0 Å². The van der Waals surface area contributed by atoms with Crippen LogP contribution in [0.3, 0.4) is 0 Å². The van der Waals surface area contributed by atoms with Crippen LogP contribution in [0.4, 0.5) is 0 Å². The van der Waals surface area contributed by atoms with Crippen molar-refractivity contribution in [3.05, 3.63) is 0 Å². The van der Waals surface area contributed by atoms with Gasteiger partial charge in [0, 0.05) is 0 Å². The number of nitrogens with two attached hydrogens (primary N) is 2. The van der Waals surface area contributed by atoms with E-state index in [1.807, 2.05) is 0 Å². The molecule has 1 heterocycles. The lowest BCUT2D eigenvalue weighted by molar-refractivity contribution is 1.11. The van der Waals surface area contributed by atoms with Gasteiger partial charge in [0.05, 0.1) is 13.1 Å². The first-order valence-corrected chi connectivity index (χ1v) is 2.36. The summed E-state index contributed by atoms with van der Waals surface area (Å²) in [7, 11) is 0. The Labute approximate surface area is 47.3 Å². The van der Waals surface area contributed by atoms with Gasteiger partial charge >= 0.3 is 0 Å². The van der Waals surface area contributed by atoms with Gasteiger partial charge in [-0.1, -0.05) is 0 Å². The first-order valence-electron chi connectivity index (χ1n) is 2.36. The lowest BCUT2D eigenvalue weighted by Gasteiger charge is -2.03. The summed E-state index contributed by atoms with van der Waals surface area (Å²) in [6, 6.07) is 0. The topological polar surface area (TPSA) is 76.8 Å². The first-order chi connectivity index (χ1) is 3.79. The molecule has 0 saturated carbocycles. The van der Waals surface area contributed by atoms with Crippen LogP contribution < -0.4 is 11.5 Å². The van der Waals surface area contributed by atoms with Crippen molar-refractivity contribution < 1.29 is 0 Å². The second-order valence-corrected chi connectivity index (χ2v) is 1.62. The van der Waals surface area contributed by atoms with Crippen molar-refractivity contribution >= 4 is 11.7 Å². The van der Waals surface area contributed by atoms with E-state index in [1.165, 1.54) is 0 Å². The van der Waals surface area contributed by atoms with Crippen molar-refractivity contribution in [3.63, 3.8) is 0 Å². The molecule has 0 spiro atoms. The van der Waals surface area contributed by atoms with Gasteiger partial charge in [-0.15, -0.1) is 0 Å². The van der Waals surface area contributed by atoms with Gasteiger partial charge in [-0.3, -0.25) is 9.98 Å². The molecule has 4 heteroatoms. The predicted octanol–water partition coefficient (Wildman–Crippen LogP) is -1.29. The summed E-state index contributed by atoms with van der Waals surface area (Å²) < 4.78 is 0. The minimum atomic E-state index is 0.464. The number of rotatable bonds is 0. The largest absolute Gasteiger partial charge is 0.386 e. The van der Waals surface area contributed by atoms with Crippen molar-refractivity contribution in [1.82, 2.24) is 0 Å². The Morgan fingerprint density at radius 2 is 1.38 bits per heavy atom. The van der Waals surface area contributed by atoms with Gasteiger partial charge in [0.2, 0.25) is 0 Å². The van der Waals surface area contributed by atoms with Crippen LogP contribution in [0.1, 0.15) is 0 Å². The molecule has 1 aliphatic rings. The number of nitrogens with zero attached hydrogens (tertiary/aromatic N) is 2. The van der Waals surface area contributed by atoms with Gasteiger partial charge in [-0.2, -0.15) is 0 Å². The zero-order valence-corrected chi connectivity index (χ0v) is 4.46. The van der Waals surface area contributed by atoms with Crippen LogP contribution in [0.25, 0.3) is 0 Å². The Morgan fingerprint density at radius 3 is 1.62 bits per heavy atom. The SMILES string of the molecule is NC1=NCC(N)=NC1. The quantitative estimate of drug-likeness (QED) is 0.409. The summed E-state index contributed by atoms with van der Waals surface area (Å²) in [5, 5.41) is 0. The maximum Gasteiger partial charge on any atom is 0.116 e. The Balaban J connectivity index is 2.54. The van der Waals surface area contributed by atoms with Crippen molar-refractivity contribution in [2.24, 2.45) is 21.5 Å².